The number of nitrogens with two attached hydrogens (primary N) is 1. The third-order valence-electron chi connectivity index (χ3n) is 3.59. The Morgan fingerprint density at radius 3 is 2.78 bits per heavy atom. The minimum Gasteiger partial charge on any atom is -1.00 e. The van der Waals surface area contributed by atoms with Crippen LogP contribution in [0.1, 0.15) is 5.56 Å². The molecule has 0 aliphatic rings. The molecule has 2 aromatic heterocycles. The number of aromatic nitrogens is 3. The fourth-order valence-corrected chi connectivity index (χ4v) is 2.51. The van der Waals surface area contributed by atoms with Crippen LogP contribution >= 0.6 is 11.6 Å². The normalized spacial score (nSPS) is 10.7. The van der Waals surface area contributed by atoms with Gasteiger partial charge in [0.2, 0.25) is 0 Å². The molecule has 140 valence electrons. The summed E-state index contributed by atoms with van der Waals surface area (Å²) in [7, 11) is 1.92. The van der Waals surface area contributed by atoms with Crippen molar-refractivity contribution in [3.05, 3.63) is 69.6 Å². The van der Waals surface area contributed by atoms with E-state index in [1.807, 2.05) is 36.1 Å². The van der Waals surface area contributed by atoms with E-state index in [0.29, 0.717) is 23.1 Å². The summed E-state index contributed by atoms with van der Waals surface area (Å²) in [5.41, 5.74) is 7.25. The van der Waals surface area contributed by atoms with E-state index in [4.69, 9.17) is 17.3 Å². The van der Waals surface area contributed by atoms with Crippen LogP contribution < -0.4 is 22.7 Å². The number of benzene rings is 1. The topological polar surface area (TPSA) is 116 Å². The average molecular weight is 408 g/mol. The molecule has 0 amide bonds. The van der Waals surface area contributed by atoms with Gasteiger partial charge < -0.3 is 18.1 Å². The second kappa shape index (κ2) is 8.56. The number of azo groups is 1. The lowest BCUT2D eigenvalue weighted by Crippen LogP contribution is -3.00. The highest BCUT2D eigenvalue weighted by Gasteiger charge is 2.14. The largest absolute Gasteiger partial charge is 1.00 e. The van der Waals surface area contributed by atoms with Gasteiger partial charge in [0.1, 0.15) is 18.6 Å². The van der Waals surface area contributed by atoms with Gasteiger partial charge in [-0.15, -0.1) is 10.2 Å². The van der Waals surface area contributed by atoms with Crippen LogP contribution in [-0.2, 0) is 13.6 Å². The van der Waals surface area contributed by atoms with Crippen LogP contribution in [-0.4, -0.2) is 14.7 Å². The number of pyridine rings is 1. The Hall–Kier alpha value is -3.04. The molecule has 11 heteroatoms. The molecule has 0 aliphatic heterocycles. The average Bonchev–Trinajstić information content (AvgIpc) is 2.93. The summed E-state index contributed by atoms with van der Waals surface area (Å²) in [5, 5.41) is 23.5. The van der Waals surface area contributed by atoms with Crippen LogP contribution in [0.5, 0.6) is 0 Å². The number of anilines is 1. The highest BCUT2D eigenvalue weighted by atomic mass is 35.5. The Kier molecular flexibility index (Phi) is 6.43. The lowest BCUT2D eigenvalue weighted by Gasteiger charge is -2.03. The molecule has 0 aliphatic carbocycles. The zero-order valence-corrected chi connectivity index (χ0v) is 15.7. The molecule has 9 nitrogen and oxygen atoms in total. The first-order valence-electron chi connectivity index (χ1n) is 7.55. The van der Waals surface area contributed by atoms with E-state index >= 15 is 0 Å². The third-order valence-corrected chi connectivity index (χ3v) is 3.83. The van der Waals surface area contributed by atoms with Crippen molar-refractivity contribution in [2.45, 2.75) is 6.54 Å². The van der Waals surface area contributed by atoms with E-state index < -0.39 is 4.92 Å². The molecule has 0 saturated heterocycles. The first kappa shape index (κ1) is 20.3. The van der Waals surface area contributed by atoms with Gasteiger partial charge in [0.25, 0.3) is 5.69 Å². The number of halogens is 2. The van der Waals surface area contributed by atoms with Crippen molar-refractivity contribution in [2.75, 3.05) is 5.73 Å². The maximum atomic E-state index is 11.1. The summed E-state index contributed by atoms with van der Waals surface area (Å²) in [4.78, 5) is 10.5. The number of nitro groups is 1. The number of hydrogen-bond acceptors (Lipinski definition) is 6. The molecular weight excluding hydrogens is 393 g/mol. The molecule has 0 bridgehead atoms. The first-order chi connectivity index (χ1) is 12.4. The van der Waals surface area contributed by atoms with Gasteiger partial charge >= 0.3 is 0 Å². The SMILES string of the molecule is C[n+]1cccc(Cn2ncc(/N=N/c3cc(Cl)ccc3[N+](=O)[O-])c2N)c1.[Cl-]. The smallest absolute Gasteiger partial charge is 0.296 e. The van der Waals surface area contributed by atoms with Gasteiger partial charge in [-0.25, -0.2) is 9.25 Å². The van der Waals surface area contributed by atoms with E-state index in [0.717, 1.165) is 5.56 Å². The van der Waals surface area contributed by atoms with E-state index in [-0.39, 0.29) is 23.8 Å². The molecule has 3 rings (SSSR count). The Morgan fingerprint density at radius 1 is 1.33 bits per heavy atom. The number of nitrogen functional groups attached to an aromatic ring is 1. The van der Waals surface area contributed by atoms with Gasteiger partial charge in [-0.1, -0.05) is 11.6 Å². The van der Waals surface area contributed by atoms with E-state index in [2.05, 4.69) is 15.3 Å². The van der Waals surface area contributed by atoms with Crippen LogP contribution in [0, 0.1) is 10.1 Å². The maximum Gasteiger partial charge on any atom is 0.296 e. The number of rotatable bonds is 5. The Morgan fingerprint density at radius 2 is 2.07 bits per heavy atom. The van der Waals surface area contributed by atoms with Crippen LogP contribution in [0.2, 0.25) is 5.02 Å². The zero-order valence-electron chi connectivity index (χ0n) is 14.2. The first-order valence-corrected chi connectivity index (χ1v) is 7.93. The van der Waals surface area contributed by atoms with Crippen molar-refractivity contribution >= 4 is 34.5 Å². The van der Waals surface area contributed by atoms with Crippen molar-refractivity contribution in [3.8, 4) is 0 Å². The van der Waals surface area contributed by atoms with Crippen molar-refractivity contribution in [3.63, 3.8) is 0 Å². The van der Waals surface area contributed by atoms with E-state index in [1.54, 1.807) is 4.68 Å². The molecule has 0 spiro atoms. The number of nitro benzene ring substituents is 1. The number of hydrogen-bond donors (Lipinski definition) is 1. The quantitative estimate of drug-likeness (QED) is 0.283. The van der Waals surface area contributed by atoms with Crippen molar-refractivity contribution in [1.29, 1.82) is 0 Å². The van der Waals surface area contributed by atoms with Crippen molar-refractivity contribution < 1.29 is 21.9 Å². The Bertz CT molecular complexity index is 1000. The Labute approximate surface area is 165 Å². The summed E-state index contributed by atoms with van der Waals surface area (Å²) in [6.45, 7) is 0.466. The fraction of sp³-hybridized carbons (Fsp3) is 0.125. The molecule has 27 heavy (non-hydrogen) atoms. The second-order valence-electron chi connectivity index (χ2n) is 5.54. The summed E-state index contributed by atoms with van der Waals surface area (Å²) in [6, 6.07) is 7.95. The van der Waals surface area contributed by atoms with E-state index in [9.17, 15) is 10.1 Å². The van der Waals surface area contributed by atoms with Gasteiger partial charge in [0, 0.05) is 22.7 Å². The summed E-state index contributed by atoms with van der Waals surface area (Å²) >= 11 is 5.87. The van der Waals surface area contributed by atoms with Gasteiger partial charge in [0.15, 0.2) is 18.1 Å². The van der Waals surface area contributed by atoms with Gasteiger partial charge in [-0.2, -0.15) is 5.10 Å². The standard InChI is InChI=1S/C16H15ClN7O2.ClH/c1-22-6-2-3-11(9-22)10-23-16(18)14(8-19-23)21-20-13-7-12(17)4-5-15(13)24(25)26;/h2-9H,10,18H2,1H3;1H/q+1;/p-1/b21-20+;. The minimum absolute atomic E-state index is 0. The van der Waals surface area contributed by atoms with E-state index in [1.165, 1.54) is 24.4 Å². The summed E-state index contributed by atoms with van der Waals surface area (Å²) < 4.78 is 3.50. The van der Waals surface area contributed by atoms with Gasteiger partial charge in [-0.05, 0) is 18.2 Å². The summed E-state index contributed by atoms with van der Waals surface area (Å²) in [5.74, 6) is 0.310. The highest BCUT2D eigenvalue weighted by molar-refractivity contribution is 6.30. The zero-order chi connectivity index (χ0) is 18.7. The molecule has 2 heterocycles. The predicted molar refractivity (Wildman–Crippen MR) is 95.6 cm³/mol. The molecular formula is C16H15Cl2N7O2. The van der Waals surface area contributed by atoms with Crippen molar-refractivity contribution in [1.82, 2.24) is 9.78 Å². The lowest BCUT2D eigenvalue weighted by atomic mass is 10.3. The lowest BCUT2D eigenvalue weighted by molar-refractivity contribution is -0.671. The maximum absolute atomic E-state index is 11.1. The number of nitrogens with zero attached hydrogens (tertiary/aromatic N) is 6. The third kappa shape index (κ3) is 4.78. The molecule has 0 fully saturated rings. The van der Waals surface area contributed by atoms with Crippen LogP contribution in [0.4, 0.5) is 22.9 Å². The van der Waals surface area contributed by atoms with Crippen molar-refractivity contribution in [2.24, 2.45) is 17.3 Å². The monoisotopic (exact) mass is 407 g/mol. The molecule has 0 saturated carbocycles. The fourth-order valence-electron chi connectivity index (χ4n) is 2.34. The number of aryl methyl sites for hydroxylation is 1. The molecule has 0 atom stereocenters. The predicted octanol–water partition coefficient (Wildman–Crippen LogP) is 0.319. The molecule has 2 N–H and O–H groups in total. The summed E-state index contributed by atoms with van der Waals surface area (Å²) in [6.07, 6.45) is 5.34. The minimum atomic E-state index is -0.549. The van der Waals surface area contributed by atoms with Crippen LogP contribution in [0.3, 0.4) is 0 Å². The molecule has 1 aromatic carbocycles. The van der Waals surface area contributed by atoms with Gasteiger partial charge in [0.05, 0.1) is 17.7 Å². The van der Waals surface area contributed by atoms with Crippen LogP contribution in [0.15, 0.2) is 59.2 Å². The highest BCUT2D eigenvalue weighted by Crippen LogP contribution is 2.32. The molecule has 3 aromatic rings. The second-order valence-corrected chi connectivity index (χ2v) is 5.98. The van der Waals surface area contributed by atoms with Gasteiger partial charge in [-0.3, -0.25) is 10.1 Å². The van der Waals surface area contributed by atoms with Crippen LogP contribution in [0.25, 0.3) is 0 Å². The molecule has 0 unspecified atom stereocenters. The Balaban J connectivity index is 0.00000261. The molecule has 0 radical (unpaired) electrons.